The Morgan fingerprint density at radius 1 is 0.891 bits per heavy atom. The van der Waals surface area contributed by atoms with Gasteiger partial charge in [-0.3, -0.25) is 9.80 Å². The van der Waals surface area contributed by atoms with Gasteiger partial charge in [0.05, 0.1) is 0 Å². The second kappa shape index (κ2) is 14.0. The highest BCUT2D eigenvalue weighted by Gasteiger charge is 2.38. The van der Waals surface area contributed by atoms with Crippen LogP contribution in [-0.2, 0) is 26.1 Å². The van der Waals surface area contributed by atoms with E-state index in [1.54, 1.807) is 6.07 Å². The minimum Gasteiger partial charge on any atom is -0.406 e. The number of aryl methyl sites for hydroxylation is 2. The van der Waals surface area contributed by atoms with Crippen LogP contribution in [0.1, 0.15) is 55.7 Å². The van der Waals surface area contributed by atoms with Crippen LogP contribution in [0.4, 0.5) is 13.2 Å². The van der Waals surface area contributed by atoms with Crippen molar-refractivity contribution in [2.75, 3.05) is 32.7 Å². The maximum atomic E-state index is 12.9. The van der Waals surface area contributed by atoms with Gasteiger partial charge < -0.3 is 15.0 Å². The molecule has 0 unspecified atom stereocenters. The Morgan fingerprint density at radius 2 is 1.70 bits per heavy atom. The Kier molecular flexibility index (Phi) is 9.99. The second-order valence-corrected chi connectivity index (χ2v) is 13.5. The number of hydrogen-bond acceptors (Lipinski definition) is 4. The Hall–Kier alpha value is -3.04. The molecule has 246 valence electrons. The van der Waals surface area contributed by atoms with E-state index in [2.05, 4.69) is 55.6 Å². The van der Waals surface area contributed by atoms with Gasteiger partial charge in [0.15, 0.2) is 0 Å². The number of ether oxygens (including phenoxy) is 1. The summed E-state index contributed by atoms with van der Waals surface area (Å²) in [6.45, 7) is 9.52. The number of nitrogens with zero attached hydrogens (tertiary/aromatic N) is 3. The minimum absolute atomic E-state index is 0.187. The number of likely N-dealkylation sites (tertiary alicyclic amines) is 2. The number of rotatable bonds is 10. The molecule has 0 radical (unpaired) electrons. The summed E-state index contributed by atoms with van der Waals surface area (Å²) in [5.41, 5.74) is 12.6. The molecule has 9 heteroatoms. The summed E-state index contributed by atoms with van der Waals surface area (Å²) in [6.07, 6.45) is 3.75. The molecule has 0 aliphatic carbocycles. The minimum atomic E-state index is -4.72. The standard InChI is InChI=1S/C37H44ClF3N4O/c1-2-28-22-30(46-37(39,40)41)10-11-31(28)33-25-45(18-6-16-42)35-12-9-27(21-32(33)35)23-43-19-14-36(15-20-43)13-5-17-44(26-36)24-29-7-3-4-8-34(29)38/h3-4,7-12,21-22,25H,2,5-6,13-20,23-24,26,42H2,1H3. The van der Waals surface area contributed by atoms with Crippen LogP contribution in [0.3, 0.4) is 0 Å². The molecule has 2 aliphatic rings. The first-order chi connectivity index (χ1) is 22.1. The quantitative estimate of drug-likeness (QED) is 0.186. The molecular formula is C37H44ClF3N4O. The van der Waals surface area contributed by atoms with E-state index in [-0.39, 0.29) is 5.75 Å². The second-order valence-electron chi connectivity index (χ2n) is 13.1. The fourth-order valence-corrected chi connectivity index (χ4v) is 7.79. The predicted molar refractivity (Wildman–Crippen MR) is 180 cm³/mol. The van der Waals surface area contributed by atoms with Gasteiger partial charge in [0.25, 0.3) is 0 Å². The lowest BCUT2D eigenvalue weighted by Gasteiger charge is -2.48. The largest absolute Gasteiger partial charge is 0.573 e. The lowest BCUT2D eigenvalue weighted by Crippen LogP contribution is -2.49. The molecule has 0 saturated carbocycles. The number of benzene rings is 3. The van der Waals surface area contributed by atoms with Crippen molar-refractivity contribution in [1.82, 2.24) is 14.4 Å². The van der Waals surface area contributed by atoms with E-state index in [0.717, 1.165) is 84.9 Å². The van der Waals surface area contributed by atoms with Gasteiger partial charge in [-0.15, -0.1) is 13.2 Å². The molecule has 0 bridgehead atoms. The Labute approximate surface area is 275 Å². The predicted octanol–water partition coefficient (Wildman–Crippen LogP) is 8.65. The van der Waals surface area contributed by atoms with E-state index in [1.807, 2.05) is 19.1 Å². The van der Waals surface area contributed by atoms with Gasteiger partial charge in [0.1, 0.15) is 5.75 Å². The summed E-state index contributed by atoms with van der Waals surface area (Å²) < 4.78 is 45.3. The van der Waals surface area contributed by atoms with Crippen LogP contribution < -0.4 is 10.5 Å². The zero-order chi connectivity index (χ0) is 32.3. The van der Waals surface area contributed by atoms with Crippen LogP contribution in [0.25, 0.3) is 22.0 Å². The molecule has 2 aliphatic heterocycles. The van der Waals surface area contributed by atoms with Gasteiger partial charge in [0.2, 0.25) is 0 Å². The molecule has 2 N–H and O–H groups in total. The van der Waals surface area contributed by atoms with Crippen molar-refractivity contribution in [3.8, 4) is 16.9 Å². The third-order valence-electron chi connectivity index (χ3n) is 9.95. The van der Waals surface area contributed by atoms with E-state index in [1.165, 1.54) is 48.9 Å². The number of fused-ring (bicyclic) bond motifs is 1. The molecule has 1 spiro atoms. The number of aromatic nitrogens is 1. The summed E-state index contributed by atoms with van der Waals surface area (Å²) in [5.74, 6) is -0.187. The van der Waals surface area contributed by atoms with Crippen molar-refractivity contribution in [3.63, 3.8) is 0 Å². The van der Waals surface area contributed by atoms with Crippen LogP contribution in [0, 0.1) is 5.41 Å². The van der Waals surface area contributed by atoms with Crippen LogP contribution in [0.2, 0.25) is 5.02 Å². The lowest BCUT2D eigenvalue weighted by atomic mass is 9.72. The SMILES string of the molecule is CCc1cc(OC(F)(F)F)ccc1-c1cn(CCCN)c2ccc(CN3CCC4(CCCN(Cc5ccccc5Cl)C4)CC3)cc12. The normalized spacial score (nSPS) is 17.6. The zero-order valence-corrected chi connectivity index (χ0v) is 27.3. The molecule has 0 amide bonds. The smallest absolute Gasteiger partial charge is 0.406 e. The molecule has 2 saturated heterocycles. The lowest BCUT2D eigenvalue weighted by molar-refractivity contribution is -0.274. The number of hydrogen-bond donors (Lipinski definition) is 1. The van der Waals surface area contributed by atoms with Crippen LogP contribution in [0.15, 0.2) is 66.9 Å². The first kappa shape index (κ1) is 32.9. The van der Waals surface area contributed by atoms with E-state index >= 15 is 0 Å². The summed E-state index contributed by atoms with van der Waals surface area (Å²) in [5, 5.41) is 1.97. The Bertz CT molecular complexity index is 1640. The Morgan fingerprint density at radius 3 is 2.43 bits per heavy atom. The molecule has 46 heavy (non-hydrogen) atoms. The van der Waals surface area contributed by atoms with Crippen molar-refractivity contribution in [1.29, 1.82) is 0 Å². The summed E-state index contributed by atoms with van der Waals surface area (Å²) in [4.78, 5) is 5.17. The first-order valence-electron chi connectivity index (χ1n) is 16.5. The highest BCUT2D eigenvalue weighted by Crippen LogP contribution is 2.41. The van der Waals surface area contributed by atoms with Crippen LogP contribution in [0.5, 0.6) is 5.75 Å². The third-order valence-corrected chi connectivity index (χ3v) is 10.3. The van der Waals surface area contributed by atoms with Gasteiger partial charge in [-0.1, -0.05) is 48.9 Å². The first-order valence-corrected chi connectivity index (χ1v) is 16.9. The molecule has 0 atom stereocenters. The summed E-state index contributed by atoms with van der Waals surface area (Å²) in [7, 11) is 0. The van der Waals surface area contributed by atoms with Crippen molar-refractivity contribution in [3.05, 3.63) is 88.6 Å². The van der Waals surface area contributed by atoms with Crippen LogP contribution >= 0.6 is 11.6 Å². The van der Waals surface area contributed by atoms with Gasteiger partial charge in [-0.2, -0.15) is 0 Å². The molecule has 3 heterocycles. The monoisotopic (exact) mass is 652 g/mol. The number of halogens is 4. The number of piperidine rings is 2. The maximum absolute atomic E-state index is 12.9. The molecule has 6 rings (SSSR count). The maximum Gasteiger partial charge on any atom is 0.573 e. The number of nitrogens with two attached hydrogens (primary N) is 1. The summed E-state index contributed by atoms with van der Waals surface area (Å²) in [6, 6.07) is 19.6. The van der Waals surface area contributed by atoms with Crippen molar-refractivity contribution in [2.45, 2.75) is 71.4 Å². The highest BCUT2D eigenvalue weighted by atomic mass is 35.5. The topological polar surface area (TPSA) is 46.7 Å². The van der Waals surface area contributed by atoms with Gasteiger partial charge in [0, 0.05) is 53.9 Å². The van der Waals surface area contributed by atoms with Crippen molar-refractivity contribution in [2.24, 2.45) is 11.1 Å². The number of alkyl halides is 3. The van der Waals surface area contributed by atoms with E-state index < -0.39 is 6.36 Å². The van der Waals surface area contributed by atoms with Gasteiger partial charge in [-0.05, 0) is 123 Å². The fourth-order valence-electron chi connectivity index (χ4n) is 7.59. The Balaban J connectivity index is 1.19. The highest BCUT2D eigenvalue weighted by molar-refractivity contribution is 6.31. The zero-order valence-electron chi connectivity index (χ0n) is 26.6. The van der Waals surface area contributed by atoms with E-state index in [4.69, 9.17) is 17.3 Å². The average molecular weight is 653 g/mol. The van der Waals surface area contributed by atoms with Crippen LogP contribution in [-0.4, -0.2) is 53.5 Å². The summed E-state index contributed by atoms with van der Waals surface area (Å²) >= 11 is 6.48. The van der Waals surface area contributed by atoms with Gasteiger partial charge in [-0.25, -0.2) is 0 Å². The molecule has 4 aromatic rings. The molecule has 5 nitrogen and oxygen atoms in total. The van der Waals surface area contributed by atoms with E-state index in [9.17, 15) is 13.2 Å². The third kappa shape index (κ3) is 7.57. The van der Waals surface area contributed by atoms with E-state index in [0.29, 0.717) is 18.4 Å². The fraction of sp³-hybridized carbons (Fsp3) is 0.459. The average Bonchev–Trinajstić information content (AvgIpc) is 3.39. The molecular weight excluding hydrogens is 609 g/mol. The molecule has 3 aromatic carbocycles. The van der Waals surface area contributed by atoms with Crippen molar-refractivity contribution < 1.29 is 17.9 Å². The molecule has 2 fully saturated rings. The van der Waals surface area contributed by atoms with Crippen molar-refractivity contribution >= 4 is 22.5 Å². The molecule has 1 aromatic heterocycles. The van der Waals surface area contributed by atoms with Gasteiger partial charge >= 0.3 is 6.36 Å².